The molecule has 2 heteroatoms. The zero-order chi connectivity index (χ0) is 12.0. The average molecular weight is 219 g/mol. The second-order valence-electron chi connectivity index (χ2n) is 4.47. The summed E-state index contributed by atoms with van der Waals surface area (Å²) in [6.07, 6.45) is 2.72. The molecule has 1 aromatic carbocycles. The van der Waals surface area contributed by atoms with E-state index in [2.05, 4.69) is 19.2 Å². The normalized spacial score (nSPS) is 12.2. The third kappa shape index (κ3) is 4.47. The van der Waals surface area contributed by atoms with E-state index in [0.717, 1.165) is 18.5 Å². The molecule has 0 aliphatic rings. The van der Waals surface area contributed by atoms with Crippen molar-refractivity contribution in [2.24, 2.45) is 5.92 Å². The number of carbonyl (C=O) groups excluding carboxylic acids is 1. The van der Waals surface area contributed by atoms with Crippen molar-refractivity contribution in [3.05, 3.63) is 29.8 Å². The molecule has 1 amide bonds. The number of rotatable bonds is 5. The molecule has 0 radical (unpaired) electrons. The number of aryl methyl sites for hydroxylation is 1. The van der Waals surface area contributed by atoms with Crippen molar-refractivity contribution in [2.75, 3.05) is 5.32 Å². The summed E-state index contributed by atoms with van der Waals surface area (Å²) in [5.41, 5.74) is 2.06. The van der Waals surface area contributed by atoms with Crippen LogP contribution in [-0.4, -0.2) is 5.91 Å². The van der Waals surface area contributed by atoms with E-state index >= 15 is 0 Å². The van der Waals surface area contributed by atoms with Gasteiger partial charge >= 0.3 is 0 Å². The van der Waals surface area contributed by atoms with E-state index in [-0.39, 0.29) is 5.91 Å². The maximum atomic E-state index is 11.6. The molecular weight excluding hydrogens is 198 g/mol. The van der Waals surface area contributed by atoms with E-state index in [1.165, 1.54) is 5.56 Å². The van der Waals surface area contributed by atoms with Crippen LogP contribution in [0.15, 0.2) is 24.3 Å². The van der Waals surface area contributed by atoms with Crippen LogP contribution in [0.1, 0.15) is 38.7 Å². The fourth-order valence-corrected chi connectivity index (χ4v) is 1.53. The van der Waals surface area contributed by atoms with Gasteiger partial charge in [-0.25, -0.2) is 0 Å². The Kier molecular flexibility index (Phi) is 5.03. The Balaban J connectivity index is 2.40. The predicted octanol–water partition coefficient (Wildman–Crippen LogP) is 3.76. The SMILES string of the molecule is CCC(C)CCC(=O)Nc1cccc(C)c1. The molecule has 0 aliphatic heterocycles. The number of anilines is 1. The van der Waals surface area contributed by atoms with Gasteiger partial charge in [-0.15, -0.1) is 0 Å². The molecule has 2 nitrogen and oxygen atoms in total. The minimum absolute atomic E-state index is 0.117. The molecule has 16 heavy (non-hydrogen) atoms. The summed E-state index contributed by atoms with van der Waals surface area (Å²) in [5.74, 6) is 0.745. The molecule has 1 atom stereocenters. The highest BCUT2D eigenvalue weighted by molar-refractivity contribution is 5.90. The van der Waals surface area contributed by atoms with Crippen LogP contribution in [0.5, 0.6) is 0 Å². The second kappa shape index (κ2) is 6.31. The zero-order valence-electron chi connectivity index (χ0n) is 10.4. The zero-order valence-corrected chi connectivity index (χ0v) is 10.4. The lowest BCUT2D eigenvalue weighted by molar-refractivity contribution is -0.116. The lowest BCUT2D eigenvalue weighted by Crippen LogP contribution is -2.12. The maximum Gasteiger partial charge on any atom is 0.224 e. The Morgan fingerprint density at radius 1 is 1.44 bits per heavy atom. The fourth-order valence-electron chi connectivity index (χ4n) is 1.53. The minimum atomic E-state index is 0.117. The molecule has 0 saturated heterocycles. The predicted molar refractivity (Wildman–Crippen MR) is 68.5 cm³/mol. The van der Waals surface area contributed by atoms with Gasteiger partial charge in [0.1, 0.15) is 0 Å². The Hall–Kier alpha value is -1.31. The van der Waals surface area contributed by atoms with Crippen molar-refractivity contribution in [3.63, 3.8) is 0 Å². The fraction of sp³-hybridized carbons (Fsp3) is 0.500. The first kappa shape index (κ1) is 12.8. The standard InChI is InChI=1S/C14H21NO/c1-4-11(2)8-9-14(16)15-13-7-5-6-12(3)10-13/h5-7,10-11H,4,8-9H2,1-3H3,(H,15,16). The van der Waals surface area contributed by atoms with Crippen molar-refractivity contribution < 1.29 is 4.79 Å². The summed E-state index contributed by atoms with van der Waals surface area (Å²) in [5, 5.41) is 2.92. The summed E-state index contributed by atoms with van der Waals surface area (Å²) >= 11 is 0. The molecule has 0 bridgehead atoms. The van der Waals surface area contributed by atoms with Gasteiger partial charge in [-0.3, -0.25) is 4.79 Å². The van der Waals surface area contributed by atoms with Crippen LogP contribution in [0, 0.1) is 12.8 Å². The first-order valence-electron chi connectivity index (χ1n) is 5.98. The van der Waals surface area contributed by atoms with E-state index in [4.69, 9.17) is 0 Å². The quantitative estimate of drug-likeness (QED) is 0.802. The summed E-state index contributed by atoms with van der Waals surface area (Å²) < 4.78 is 0. The molecule has 0 heterocycles. The number of amides is 1. The van der Waals surface area contributed by atoms with Crippen molar-refractivity contribution in [2.45, 2.75) is 40.0 Å². The van der Waals surface area contributed by atoms with E-state index in [1.54, 1.807) is 0 Å². The Labute approximate surface area is 98.1 Å². The van der Waals surface area contributed by atoms with Gasteiger partial charge < -0.3 is 5.32 Å². The average Bonchev–Trinajstić information content (AvgIpc) is 2.26. The molecule has 88 valence electrons. The summed E-state index contributed by atoms with van der Waals surface area (Å²) in [7, 11) is 0. The van der Waals surface area contributed by atoms with Crippen LogP contribution in [0.25, 0.3) is 0 Å². The number of hydrogen-bond donors (Lipinski definition) is 1. The van der Waals surface area contributed by atoms with Gasteiger partial charge in [0.15, 0.2) is 0 Å². The van der Waals surface area contributed by atoms with Crippen LogP contribution in [0.4, 0.5) is 5.69 Å². The van der Waals surface area contributed by atoms with Crippen LogP contribution >= 0.6 is 0 Å². The van der Waals surface area contributed by atoms with Gasteiger partial charge in [0.2, 0.25) is 5.91 Å². The van der Waals surface area contributed by atoms with Crippen molar-refractivity contribution in [3.8, 4) is 0 Å². The van der Waals surface area contributed by atoms with Gasteiger partial charge in [0, 0.05) is 12.1 Å². The van der Waals surface area contributed by atoms with Crippen molar-refractivity contribution in [1.29, 1.82) is 0 Å². The molecular formula is C14H21NO. The van der Waals surface area contributed by atoms with E-state index in [1.807, 2.05) is 31.2 Å². The van der Waals surface area contributed by atoms with E-state index < -0.39 is 0 Å². The third-order valence-electron chi connectivity index (χ3n) is 2.86. The van der Waals surface area contributed by atoms with Crippen LogP contribution < -0.4 is 5.32 Å². The van der Waals surface area contributed by atoms with Crippen molar-refractivity contribution >= 4 is 11.6 Å². The first-order valence-corrected chi connectivity index (χ1v) is 5.98. The highest BCUT2D eigenvalue weighted by Crippen LogP contribution is 2.13. The molecule has 1 aromatic rings. The molecule has 0 aliphatic carbocycles. The lowest BCUT2D eigenvalue weighted by atomic mass is 10.0. The van der Waals surface area contributed by atoms with Gasteiger partial charge in [-0.2, -0.15) is 0 Å². The molecule has 1 unspecified atom stereocenters. The van der Waals surface area contributed by atoms with Gasteiger partial charge in [-0.05, 0) is 37.0 Å². The van der Waals surface area contributed by atoms with Gasteiger partial charge in [0.25, 0.3) is 0 Å². The molecule has 0 spiro atoms. The smallest absolute Gasteiger partial charge is 0.224 e. The Morgan fingerprint density at radius 2 is 2.19 bits per heavy atom. The van der Waals surface area contributed by atoms with Crippen molar-refractivity contribution in [1.82, 2.24) is 0 Å². The lowest BCUT2D eigenvalue weighted by Gasteiger charge is -2.09. The monoisotopic (exact) mass is 219 g/mol. The number of hydrogen-bond acceptors (Lipinski definition) is 1. The topological polar surface area (TPSA) is 29.1 Å². The Morgan fingerprint density at radius 3 is 2.81 bits per heavy atom. The maximum absolute atomic E-state index is 11.6. The van der Waals surface area contributed by atoms with Crippen LogP contribution in [0.3, 0.4) is 0 Å². The number of nitrogens with one attached hydrogen (secondary N) is 1. The summed E-state index contributed by atoms with van der Waals surface area (Å²) in [6.45, 7) is 6.36. The highest BCUT2D eigenvalue weighted by atomic mass is 16.1. The summed E-state index contributed by atoms with van der Waals surface area (Å²) in [4.78, 5) is 11.6. The van der Waals surface area contributed by atoms with Crippen LogP contribution in [0.2, 0.25) is 0 Å². The molecule has 1 rings (SSSR count). The number of carbonyl (C=O) groups is 1. The van der Waals surface area contributed by atoms with E-state index in [0.29, 0.717) is 12.3 Å². The minimum Gasteiger partial charge on any atom is -0.326 e. The Bertz CT molecular complexity index is 346. The van der Waals surface area contributed by atoms with Gasteiger partial charge in [-0.1, -0.05) is 32.4 Å². The molecule has 0 aromatic heterocycles. The second-order valence-corrected chi connectivity index (χ2v) is 4.47. The van der Waals surface area contributed by atoms with Crippen LogP contribution in [-0.2, 0) is 4.79 Å². The third-order valence-corrected chi connectivity index (χ3v) is 2.86. The summed E-state index contributed by atoms with van der Waals surface area (Å²) in [6, 6.07) is 7.89. The van der Waals surface area contributed by atoms with E-state index in [9.17, 15) is 4.79 Å². The largest absolute Gasteiger partial charge is 0.326 e. The molecule has 0 saturated carbocycles. The highest BCUT2D eigenvalue weighted by Gasteiger charge is 2.05. The molecule has 1 N–H and O–H groups in total. The van der Waals surface area contributed by atoms with Gasteiger partial charge in [0.05, 0.1) is 0 Å². The first-order chi connectivity index (χ1) is 7.61. The number of benzene rings is 1. The molecule has 0 fully saturated rings.